The van der Waals surface area contributed by atoms with E-state index in [1.165, 1.54) is 11.1 Å². The highest BCUT2D eigenvalue weighted by molar-refractivity contribution is 6.32. The molecule has 0 aliphatic rings. The minimum absolute atomic E-state index is 0.257. The standard InChI is InChI=1S/C19H24ClNO2/c1-5-14-6-8-16(9-7-14)13(2)21-12-15-10-17(20)19(23-4)18(11-15)22-3/h6-11,13,21H,5,12H2,1-4H3. The lowest BCUT2D eigenvalue weighted by Crippen LogP contribution is -2.18. The average molecular weight is 334 g/mol. The molecule has 1 unspecified atom stereocenters. The van der Waals surface area contributed by atoms with Gasteiger partial charge >= 0.3 is 0 Å². The van der Waals surface area contributed by atoms with Gasteiger partial charge in [0.25, 0.3) is 0 Å². The van der Waals surface area contributed by atoms with Crippen LogP contribution in [0.15, 0.2) is 36.4 Å². The van der Waals surface area contributed by atoms with Gasteiger partial charge in [-0.2, -0.15) is 0 Å². The molecule has 3 nitrogen and oxygen atoms in total. The van der Waals surface area contributed by atoms with Crippen LogP contribution in [0.5, 0.6) is 11.5 Å². The van der Waals surface area contributed by atoms with Gasteiger partial charge in [0.15, 0.2) is 11.5 Å². The lowest BCUT2D eigenvalue weighted by molar-refractivity contribution is 0.354. The molecule has 1 atom stereocenters. The molecule has 0 bridgehead atoms. The molecular formula is C19H24ClNO2. The van der Waals surface area contributed by atoms with Gasteiger partial charge in [-0.1, -0.05) is 42.8 Å². The Balaban J connectivity index is 2.06. The summed E-state index contributed by atoms with van der Waals surface area (Å²) in [5.41, 5.74) is 3.69. The van der Waals surface area contributed by atoms with Crippen molar-refractivity contribution in [3.63, 3.8) is 0 Å². The summed E-state index contributed by atoms with van der Waals surface area (Å²) in [6, 6.07) is 12.8. The molecule has 0 spiro atoms. The van der Waals surface area contributed by atoms with Gasteiger partial charge in [-0.25, -0.2) is 0 Å². The summed E-state index contributed by atoms with van der Waals surface area (Å²) in [5.74, 6) is 1.22. The van der Waals surface area contributed by atoms with Crippen molar-refractivity contribution in [2.24, 2.45) is 0 Å². The zero-order valence-corrected chi connectivity index (χ0v) is 14.9. The van der Waals surface area contributed by atoms with Crippen molar-refractivity contribution in [1.82, 2.24) is 5.32 Å². The lowest BCUT2D eigenvalue weighted by Gasteiger charge is -2.16. The van der Waals surface area contributed by atoms with Crippen LogP contribution in [0.3, 0.4) is 0 Å². The maximum atomic E-state index is 6.25. The number of hydrogen-bond acceptors (Lipinski definition) is 3. The molecule has 0 radical (unpaired) electrons. The van der Waals surface area contributed by atoms with Crippen molar-refractivity contribution in [2.75, 3.05) is 14.2 Å². The van der Waals surface area contributed by atoms with Crippen LogP contribution in [0.25, 0.3) is 0 Å². The van der Waals surface area contributed by atoms with Crippen molar-refractivity contribution >= 4 is 11.6 Å². The molecule has 0 fully saturated rings. The number of benzene rings is 2. The van der Waals surface area contributed by atoms with E-state index >= 15 is 0 Å². The molecule has 4 heteroatoms. The Morgan fingerprint density at radius 1 is 1.04 bits per heavy atom. The first kappa shape index (κ1) is 17.6. The number of nitrogens with one attached hydrogen (secondary N) is 1. The first-order chi connectivity index (χ1) is 11.1. The molecule has 0 aromatic heterocycles. The zero-order valence-electron chi connectivity index (χ0n) is 14.2. The Morgan fingerprint density at radius 2 is 1.74 bits per heavy atom. The quantitative estimate of drug-likeness (QED) is 0.791. The number of aryl methyl sites for hydroxylation is 1. The molecule has 2 aromatic rings. The summed E-state index contributed by atoms with van der Waals surface area (Å²) < 4.78 is 10.6. The van der Waals surface area contributed by atoms with Gasteiger partial charge in [0.05, 0.1) is 19.2 Å². The zero-order chi connectivity index (χ0) is 16.8. The largest absolute Gasteiger partial charge is 0.493 e. The fourth-order valence-corrected chi connectivity index (χ4v) is 2.81. The van der Waals surface area contributed by atoms with Crippen LogP contribution in [0.1, 0.15) is 36.6 Å². The van der Waals surface area contributed by atoms with Crippen molar-refractivity contribution in [2.45, 2.75) is 32.9 Å². The number of rotatable bonds is 7. The van der Waals surface area contributed by atoms with E-state index in [1.807, 2.05) is 12.1 Å². The van der Waals surface area contributed by atoms with Crippen LogP contribution in [0.4, 0.5) is 0 Å². The first-order valence-electron chi connectivity index (χ1n) is 7.81. The fraction of sp³-hybridized carbons (Fsp3) is 0.368. The van der Waals surface area contributed by atoms with Crippen LogP contribution in [-0.2, 0) is 13.0 Å². The van der Waals surface area contributed by atoms with Crippen molar-refractivity contribution in [1.29, 1.82) is 0 Å². The van der Waals surface area contributed by atoms with E-state index in [-0.39, 0.29) is 6.04 Å². The third-order valence-corrected chi connectivity index (χ3v) is 4.27. The Labute approximate surface area is 143 Å². The maximum Gasteiger partial charge on any atom is 0.179 e. The molecule has 2 aromatic carbocycles. The van der Waals surface area contributed by atoms with E-state index in [0.29, 0.717) is 23.1 Å². The van der Waals surface area contributed by atoms with Crippen LogP contribution < -0.4 is 14.8 Å². The van der Waals surface area contributed by atoms with Crippen molar-refractivity contribution in [3.05, 3.63) is 58.1 Å². The van der Waals surface area contributed by atoms with E-state index in [9.17, 15) is 0 Å². The molecule has 0 saturated heterocycles. The molecule has 2 rings (SSSR count). The molecule has 1 N–H and O–H groups in total. The predicted octanol–water partition coefficient (Wildman–Crippen LogP) is 4.77. The highest BCUT2D eigenvalue weighted by Gasteiger charge is 2.12. The normalized spacial score (nSPS) is 12.0. The molecular weight excluding hydrogens is 310 g/mol. The molecule has 0 aliphatic carbocycles. The topological polar surface area (TPSA) is 30.5 Å². The second-order valence-electron chi connectivity index (χ2n) is 5.51. The molecule has 23 heavy (non-hydrogen) atoms. The highest BCUT2D eigenvalue weighted by Crippen LogP contribution is 2.36. The predicted molar refractivity (Wildman–Crippen MR) is 95.6 cm³/mol. The van der Waals surface area contributed by atoms with Gasteiger partial charge in [0, 0.05) is 12.6 Å². The van der Waals surface area contributed by atoms with E-state index < -0.39 is 0 Å². The fourth-order valence-electron chi connectivity index (χ4n) is 2.50. The second-order valence-corrected chi connectivity index (χ2v) is 5.92. The second kappa shape index (κ2) is 8.23. The molecule has 0 amide bonds. The van der Waals surface area contributed by atoms with E-state index in [2.05, 4.69) is 43.4 Å². The maximum absolute atomic E-state index is 6.25. The van der Waals surface area contributed by atoms with Gasteiger partial charge in [-0.15, -0.1) is 0 Å². The molecule has 0 saturated carbocycles. The summed E-state index contributed by atoms with van der Waals surface area (Å²) in [4.78, 5) is 0. The summed E-state index contributed by atoms with van der Waals surface area (Å²) in [6.45, 7) is 5.03. The number of ether oxygens (including phenoxy) is 2. The highest BCUT2D eigenvalue weighted by atomic mass is 35.5. The van der Waals surface area contributed by atoms with Crippen LogP contribution in [-0.4, -0.2) is 14.2 Å². The van der Waals surface area contributed by atoms with Crippen LogP contribution >= 0.6 is 11.6 Å². The SMILES string of the molecule is CCc1ccc(C(C)NCc2cc(Cl)c(OC)c(OC)c2)cc1. The van der Waals surface area contributed by atoms with Crippen LogP contribution in [0, 0.1) is 0 Å². The van der Waals surface area contributed by atoms with E-state index in [4.69, 9.17) is 21.1 Å². The third kappa shape index (κ3) is 4.40. The summed E-state index contributed by atoms with van der Waals surface area (Å²) in [6.07, 6.45) is 1.06. The Morgan fingerprint density at radius 3 is 2.30 bits per heavy atom. The Bertz CT molecular complexity index is 641. The average Bonchev–Trinajstić information content (AvgIpc) is 2.59. The van der Waals surface area contributed by atoms with Crippen molar-refractivity contribution < 1.29 is 9.47 Å². The monoisotopic (exact) mass is 333 g/mol. The Hall–Kier alpha value is -1.71. The minimum atomic E-state index is 0.257. The molecule has 0 heterocycles. The summed E-state index contributed by atoms with van der Waals surface area (Å²) >= 11 is 6.25. The Kier molecular flexibility index (Phi) is 6.31. The minimum Gasteiger partial charge on any atom is -0.493 e. The van der Waals surface area contributed by atoms with Gasteiger partial charge in [0.2, 0.25) is 0 Å². The first-order valence-corrected chi connectivity index (χ1v) is 8.19. The molecule has 124 valence electrons. The summed E-state index contributed by atoms with van der Waals surface area (Å²) in [7, 11) is 3.20. The lowest BCUT2D eigenvalue weighted by atomic mass is 10.0. The van der Waals surface area contributed by atoms with Crippen molar-refractivity contribution in [3.8, 4) is 11.5 Å². The number of hydrogen-bond donors (Lipinski definition) is 1. The molecule has 0 aliphatic heterocycles. The third-order valence-electron chi connectivity index (χ3n) is 3.99. The van der Waals surface area contributed by atoms with Crippen LogP contribution in [0.2, 0.25) is 5.02 Å². The van der Waals surface area contributed by atoms with Gasteiger partial charge in [0.1, 0.15) is 0 Å². The smallest absolute Gasteiger partial charge is 0.179 e. The van der Waals surface area contributed by atoms with Gasteiger partial charge < -0.3 is 14.8 Å². The van der Waals surface area contributed by atoms with Gasteiger partial charge in [-0.3, -0.25) is 0 Å². The van der Waals surface area contributed by atoms with E-state index in [0.717, 1.165) is 12.0 Å². The van der Waals surface area contributed by atoms with E-state index in [1.54, 1.807) is 14.2 Å². The number of methoxy groups -OCH3 is 2. The number of halogens is 1. The van der Waals surface area contributed by atoms with Gasteiger partial charge in [-0.05, 0) is 42.2 Å². The summed E-state index contributed by atoms with van der Waals surface area (Å²) in [5, 5.41) is 4.07.